The Labute approximate surface area is 109 Å². The fraction of sp³-hybridized carbons (Fsp3) is 0.417. The van der Waals surface area contributed by atoms with Gasteiger partial charge in [0.05, 0.1) is 12.5 Å². The maximum atomic E-state index is 12.1. The molecule has 0 aliphatic heterocycles. The maximum absolute atomic E-state index is 12.1. The number of nitrogens with zero attached hydrogens (tertiary/aromatic N) is 1. The van der Waals surface area contributed by atoms with E-state index in [1.807, 2.05) is 18.2 Å². The van der Waals surface area contributed by atoms with Gasteiger partial charge in [0, 0.05) is 17.1 Å². The Morgan fingerprint density at radius 1 is 1.53 bits per heavy atom. The first-order valence-corrected chi connectivity index (χ1v) is 6.17. The van der Waals surface area contributed by atoms with Crippen LogP contribution in [-0.4, -0.2) is 25.1 Å². The second-order valence-electron chi connectivity index (χ2n) is 4.34. The summed E-state index contributed by atoms with van der Waals surface area (Å²) >= 11 is 3.42. The average Bonchev–Trinajstić information content (AvgIpc) is 3.09. The van der Waals surface area contributed by atoms with Crippen LogP contribution in [0, 0.1) is 0 Å². The van der Waals surface area contributed by atoms with E-state index in [4.69, 9.17) is 10.6 Å². The molecule has 0 radical (unpaired) electrons. The minimum Gasteiger partial charge on any atom is -0.496 e. The van der Waals surface area contributed by atoms with Crippen molar-refractivity contribution >= 4 is 21.8 Å². The number of carbonyl (C=O) groups is 1. The van der Waals surface area contributed by atoms with Crippen LogP contribution in [0.15, 0.2) is 22.7 Å². The standard InChI is InChI=1S/C12H15BrN2O2/c1-15(14)11(16)12(5-6-12)9-7-8(13)3-4-10(9)17-2/h3-4,7H,5-6,14H2,1-2H3. The number of ether oxygens (including phenoxy) is 1. The van der Waals surface area contributed by atoms with Crippen molar-refractivity contribution in [2.45, 2.75) is 18.3 Å². The Morgan fingerprint density at radius 2 is 2.18 bits per heavy atom. The number of methoxy groups -OCH3 is 1. The van der Waals surface area contributed by atoms with E-state index in [1.165, 1.54) is 0 Å². The highest BCUT2D eigenvalue weighted by molar-refractivity contribution is 9.10. The maximum Gasteiger partial charge on any atom is 0.246 e. The number of rotatable bonds is 3. The molecule has 0 bridgehead atoms. The van der Waals surface area contributed by atoms with Gasteiger partial charge in [0.25, 0.3) is 0 Å². The summed E-state index contributed by atoms with van der Waals surface area (Å²) in [6.45, 7) is 0. The summed E-state index contributed by atoms with van der Waals surface area (Å²) in [5.74, 6) is 6.24. The number of likely N-dealkylation sites (N-methyl/N-ethyl adjacent to an activating group) is 1. The van der Waals surface area contributed by atoms with E-state index in [1.54, 1.807) is 14.2 Å². The Kier molecular flexibility index (Phi) is 3.14. The van der Waals surface area contributed by atoms with Crippen LogP contribution in [0.4, 0.5) is 0 Å². The largest absolute Gasteiger partial charge is 0.496 e. The number of hydrazine groups is 1. The summed E-state index contributed by atoms with van der Waals surface area (Å²) in [5.41, 5.74) is 0.426. The van der Waals surface area contributed by atoms with E-state index in [2.05, 4.69) is 15.9 Å². The summed E-state index contributed by atoms with van der Waals surface area (Å²) in [5, 5.41) is 1.16. The van der Waals surface area contributed by atoms with Crippen LogP contribution in [0.25, 0.3) is 0 Å². The Morgan fingerprint density at radius 3 is 2.65 bits per heavy atom. The molecule has 0 heterocycles. The zero-order chi connectivity index (χ0) is 12.6. The number of nitrogens with two attached hydrogens (primary N) is 1. The number of hydrogen-bond donors (Lipinski definition) is 1. The van der Waals surface area contributed by atoms with Crippen molar-refractivity contribution in [1.82, 2.24) is 5.01 Å². The van der Waals surface area contributed by atoms with Crippen molar-refractivity contribution in [1.29, 1.82) is 0 Å². The van der Waals surface area contributed by atoms with E-state index >= 15 is 0 Å². The minimum atomic E-state index is -0.487. The predicted molar refractivity (Wildman–Crippen MR) is 68.6 cm³/mol. The van der Waals surface area contributed by atoms with Gasteiger partial charge in [0.2, 0.25) is 5.91 Å². The molecule has 2 rings (SSSR count). The van der Waals surface area contributed by atoms with Crippen LogP contribution in [0.1, 0.15) is 18.4 Å². The van der Waals surface area contributed by atoms with Gasteiger partial charge in [-0.05, 0) is 31.0 Å². The van der Waals surface area contributed by atoms with Crippen LogP contribution in [0.5, 0.6) is 5.75 Å². The average molecular weight is 299 g/mol. The molecule has 0 spiro atoms. The van der Waals surface area contributed by atoms with E-state index in [0.717, 1.165) is 33.6 Å². The number of hydrogen-bond acceptors (Lipinski definition) is 3. The van der Waals surface area contributed by atoms with Crippen LogP contribution >= 0.6 is 15.9 Å². The third-order valence-corrected chi connectivity index (χ3v) is 3.65. The van der Waals surface area contributed by atoms with Gasteiger partial charge in [-0.25, -0.2) is 5.84 Å². The van der Waals surface area contributed by atoms with Crippen molar-refractivity contribution in [3.63, 3.8) is 0 Å². The summed E-state index contributed by atoms with van der Waals surface area (Å²) in [6, 6.07) is 5.70. The molecule has 92 valence electrons. The second kappa shape index (κ2) is 4.31. The van der Waals surface area contributed by atoms with Crippen LogP contribution < -0.4 is 10.6 Å². The molecular weight excluding hydrogens is 284 g/mol. The lowest BCUT2D eigenvalue weighted by Crippen LogP contribution is -2.41. The first-order valence-electron chi connectivity index (χ1n) is 5.38. The Bertz CT molecular complexity index is 456. The number of amides is 1. The molecule has 1 aliphatic rings. The lowest BCUT2D eigenvalue weighted by atomic mass is 9.94. The van der Waals surface area contributed by atoms with Gasteiger partial charge in [-0.1, -0.05) is 15.9 Å². The van der Waals surface area contributed by atoms with Crippen LogP contribution in [-0.2, 0) is 10.2 Å². The smallest absolute Gasteiger partial charge is 0.246 e. The predicted octanol–water partition coefficient (Wildman–Crippen LogP) is 1.82. The molecule has 17 heavy (non-hydrogen) atoms. The molecule has 5 heteroatoms. The first-order chi connectivity index (χ1) is 8.01. The molecule has 1 saturated carbocycles. The summed E-state index contributed by atoms with van der Waals surface area (Å²) in [7, 11) is 3.19. The van der Waals surface area contributed by atoms with Gasteiger partial charge in [-0.15, -0.1) is 0 Å². The van der Waals surface area contributed by atoms with Crippen molar-refractivity contribution in [2.24, 2.45) is 5.84 Å². The molecule has 1 fully saturated rings. The van der Waals surface area contributed by atoms with E-state index in [0.29, 0.717) is 0 Å². The molecule has 0 aromatic heterocycles. The molecule has 1 aromatic rings. The molecule has 0 saturated heterocycles. The number of benzene rings is 1. The van der Waals surface area contributed by atoms with E-state index in [-0.39, 0.29) is 5.91 Å². The fourth-order valence-corrected chi connectivity index (χ4v) is 2.48. The van der Waals surface area contributed by atoms with Crippen molar-refractivity contribution in [3.05, 3.63) is 28.2 Å². The lowest BCUT2D eigenvalue weighted by Gasteiger charge is -2.21. The highest BCUT2D eigenvalue weighted by Crippen LogP contribution is 2.52. The van der Waals surface area contributed by atoms with Gasteiger partial charge in [0.15, 0.2) is 0 Å². The zero-order valence-electron chi connectivity index (χ0n) is 9.87. The highest BCUT2D eigenvalue weighted by Gasteiger charge is 2.53. The third-order valence-electron chi connectivity index (χ3n) is 3.16. The van der Waals surface area contributed by atoms with E-state index in [9.17, 15) is 4.79 Å². The lowest BCUT2D eigenvalue weighted by molar-refractivity contribution is -0.132. The van der Waals surface area contributed by atoms with Crippen molar-refractivity contribution in [2.75, 3.05) is 14.2 Å². The normalized spacial score (nSPS) is 16.5. The molecule has 1 aliphatic carbocycles. The van der Waals surface area contributed by atoms with Gasteiger partial charge in [0.1, 0.15) is 5.75 Å². The second-order valence-corrected chi connectivity index (χ2v) is 5.26. The van der Waals surface area contributed by atoms with Crippen LogP contribution in [0.2, 0.25) is 0 Å². The fourth-order valence-electron chi connectivity index (χ4n) is 2.12. The topological polar surface area (TPSA) is 55.6 Å². The zero-order valence-corrected chi connectivity index (χ0v) is 11.5. The summed E-state index contributed by atoms with van der Waals surface area (Å²) < 4.78 is 6.26. The van der Waals surface area contributed by atoms with Gasteiger partial charge >= 0.3 is 0 Å². The van der Waals surface area contributed by atoms with Crippen molar-refractivity contribution in [3.8, 4) is 5.75 Å². The number of halogens is 1. The Balaban J connectivity index is 2.46. The highest BCUT2D eigenvalue weighted by atomic mass is 79.9. The number of carbonyl (C=O) groups excluding carboxylic acids is 1. The molecule has 2 N–H and O–H groups in total. The molecular formula is C12H15BrN2O2. The summed E-state index contributed by atoms with van der Waals surface area (Å²) in [4.78, 5) is 12.1. The van der Waals surface area contributed by atoms with Crippen molar-refractivity contribution < 1.29 is 9.53 Å². The summed E-state index contributed by atoms with van der Waals surface area (Å²) in [6.07, 6.45) is 1.64. The third kappa shape index (κ3) is 2.05. The monoisotopic (exact) mass is 298 g/mol. The van der Waals surface area contributed by atoms with Gasteiger partial charge < -0.3 is 4.74 Å². The molecule has 0 atom stereocenters. The Hall–Kier alpha value is -1.07. The molecule has 1 aromatic carbocycles. The minimum absolute atomic E-state index is 0.0612. The van der Waals surface area contributed by atoms with Gasteiger partial charge in [-0.3, -0.25) is 9.80 Å². The molecule has 0 unspecified atom stereocenters. The first kappa shape index (κ1) is 12.4. The SMILES string of the molecule is COc1ccc(Br)cc1C1(C(=O)N(C)N)CC1. The van der Waals surface area contributed by atoms with Crippen LogP contribution in [0.3, 0.4) is 0 Å². The van der Waals surface area contributed by atoms with E-state index < -0.39 is 5.41 Å². The molecule has 1 amide bonds. The quantitative estimate of drug-likeness (QED) is 0.526. The van der Waals surface area contributed by atoms with Gasteiger partial charge in [-0.2, -0.15) is 0 Å². The molecule has 4 nitrogen and oxygen atoms in total.